The van der Waals surface area contributed by atoms with Gasteiger partial charge in [-0.15, -0.1) is 0 Å². The van der Waals surface area contributed by atoms with E-state index in [1.807, 2.05) is 18.3 Å². The molecule has 3 aromatic carbocycles. The molecule has 2 saturated heterocycles. The number of halogens is 2. The van der Waals surface area contributed by atoms with E-state index in [4.69, 9.17) is 30.9 Å². The number of aliphatic hydroxyl groups is 2. The molecule has 0 unspecified atom stereocenters. The van der Waals surface area contributed by atoms with Gasteiger partial charge < -0.3 is 34.4 Å². The first kappa shape index (κ1) is 37.5. The monoisotopic (exact) mass is 784 g/mol. The number of carbonyl (C=O) groups is 1. The van der Waals surface area contributed by atoms with E-state index < -0.39 is 18.6 Å². The highest BCUT2D eigenvalue weighted by Gasteiger charge is 2.22. The Morgan fingerprint density at radius 2 is 1.82 bits per heavy atom. The highest BCUT2D eigenvalue weighted by molar-refractivity contribution is 9.10. The van der Waals surface area contributed by atoms with Crippen LogP contribution >= 0.6 is 27.5 Å². The molecule has 3 heterocycles. The Kier molecular flexibility index (Phi) is 13.2. The molecule has 2 aliphatic heterocycles. The number of aliphatic carboxylic acids is 1. The second-order valence-corrected chi connectivity index (χ2v) is 14.5. The van der Waals surface area contributed by atoms with Gasteiger partial charge in [-0.3, -0.25) is 14.8 Å². The normalized spacial score (nSPS) is 17.6. The molecule has 11 nitrogen and oxygen atoms in total. The molecule has 0 radical (unpaired) electrons. The van der Waals surface area contributed by atoms with E-state index in [1.165, 1.54) is 0 Å². The maximum absolute atomic E-state index is 11.5. The number of likely N-dealkylation sites (tertiary alicyclic amines) is 1. The van der Waals surface area contributed by atoms with Crippen LogP contribution in [0.5, 0.6) is 11.5 Å². The number of rotatable bonds is 17. The Morgan fingerprint density at radius 3 is 2.59 bits per heavy atom. The largest absolute Gasteiger partial charge is 0.493 e. The Hall–Kier alpha value is -3.23. The minimum Gasteiger partial charge on any atom is -0.493 e. The maximum atomic E-state index is 11.5. The molecule has 0 aliphatic carbocycles. The van der Waals surface area contributed by atoms with Crippen molar-refractivity contribution in [2.75, 3.05) is 46.1 Å². The van der Waals surface area contributed by atoms with Gasteiger partial charge in [0.2, 0.25) is 0 Å². The van der Waals surface area contributed by atoms with E-state index in [1.54, 1.807) is 12.1 Å². The molecule has 6 rings (SSSR count). The number of unbranched alkanes of at least 4 members (excludes halogenated alkanes) is 1. The van der Waals surface area contributed by atoms with E-state index >= 15 is 0 Å². The summed E-state index contributed by atoms with van der Waals surface area (Å²) >= 11 is 10.6. The van der Waals surface area contributed by atoms with Crippen LogP contribution < -0.4 is 14.8 Å². The van der Waals surface area contributed by atoms with E-state index in [0.717, 1.165) is 90.3 Å². The van der Waals surface area contributed by atoms with Crippen LogP contribution in [-0.4, -0.2) is 94.2 Å². The third-order valence-corrected chi connectivity index (χ3v) is 11.0. The Morgan fingerprint density at radius 1 is 1.04 bits per heavy atom. The smallest absolute Gasteiger partial charge is 0.323 e. The number of aliphatic hydroxyl groups excluding tert-OH is 2. The summed E-state index contributed by atoms with van der Waals surface area (Å²) in [5, 5.41) is 37.7. The summed E-state index contributed by atoms with van der Waals surface area (Å²) in [6.45, 7) is 5.29. The quantitative estimate of drug-likeness (QED) is 0.0961. The van der Waals surface area contributed by atoms with Crippen molar-refractivity contribution in [3.05, 3.63) is 75.4 Å². The fourth-order valence-corrected chi connectivity index (χ4v) is 7.56. The number of carboxylic acids is 1. The number of nitrogens with one attached hydrogen (secondary N) is 1. The first-order valence-corrected chi connectivity index (χ1v) is 18.8. The fourth-order valence-electron chi connectivity index (χ4n) is 6.73. The van der Waals surface area contributed by atoms with E-state index in [9.17, 15) is 20.1 Å². The zero-order valence-electron chi connectivity index (χ0n) is 28.6. The van der Waals surface area contributed by atoms with Crippen molar-refractivity contribution in [3.8, 4) is 22.6 Å². The number of aryl methyl sites for hydroxylation is 1. The number of hydrogen-bond acceptors (Lipinski definition) is 9. The zero-order chi connectivity index (χ0) is 35.7. The van der Waals surface area contributed by atoms with Crippen LogP contribution in [0.2, 0.25) is 5.02 Å². The molecular weight excluding hydrogens is 740 g/mol. The molecule has 2 aliphatic rings. The standard InChI is InChI=1S/C38H46BrClN4O7/c39-37-26(5-3-7-30(37)29-6-4-8-34-31(29)20-42-44(34)13-2-1-12-43-14-9-28(46)21-43)24-51-36-18-35(50-23-25-10-15-49-16-11-25)27(17-32(36)40)19-41-33(22-45)38(47)48/h3-8,17-18,20,25,28,33,41,45-46H,1-2,9-16,19,21-24H2,(H,47,48)/t28-,33+/m1/s1. The molecule has 2 fully saturated rings. The molecule has 4 N–H and O–H groups in total. The Bertz CT molecular complexity index is 1780. The highest BCUT2D eigenvalue weighted by Crippen LogP contribution is 2.38. The molecule has 0 bridgehead atoms. The highest BCUT2D eigenvalue weighted by atomic mass is 79.9. The van der Waals surface area contributed by atoms with Gasteiger partial charge in [-0.05, 0) is 83.8 Å². The van der Waals surface area contributed by atoms with Gasteiger partial charge >= 0.3 is 5.97 Å². The topological polar surface area (TPSA) is 139 Å². The predicted octanol–water partition coefficient (Wildman–Crippen LogP) is 5.89. The van der Waals surface area contributed by atoms with Crippen molar-refractivity contribution in [3.63, 3.8) is 0 Å². The van der Waals surface area contributed by atoms with Crippen LogP contribution in [0.1, 0.15) is 43.2 Å². The van der Waals surface area contributed by atoms with Crippen LogP contribution in [0.25, 0.3) is 22.0 Å². The fraction of sp³-hybridized carbons (Fsp3) is 0.474. The minimum absolute atomic E-state index is 0.139. The number of β-amino-alcohol motifs (C(OH)–C–C–N with tert-alkyl or cyclic N) is 1. The van der Waals surface area contributed by atoms with Crippen molar-refractivity contribution in [2.24, 2.45) is 5.92 Å². The summed E-state index contributed by atoms with van der Waals surface area (Å²) in [6, 6.07) is 14.7. The Labute approximate surface area is 311 Å². The lowest BCUT2D eigenvalue weighted by Crippen LogP contribution is -2.39. The van der Waals surface area contributed by atoms with Crippen LogP contribution in [-0.2, 0) is 29.2 Å². The summed E-state index contributed by atoms with van der Waals surface area (Å²) in [5.41, 5.74) is 4.78. The SMILES string of the molecule is O=C(O)[C@H](CO)NCc1cc(Cl)c(OCc2cccc(-c3cccc4c3cnn4CCCCN3CC[C@@H](O)C3)c2Br)cc1OCC1CCOCC1. The molecule has 4 aromatic rings. The first-order valence-electron chi connectivity index (χ1n) is 17.7. The van der Waals surface area contributed by atoms with Gasteiger partial charge in [-0.25, -0.2) is 0 Å². The van der Waals surface area contributed by atoms with Gasteiger partial charge in [0.1, 0.15) is 24.1 Å². The van der Waals surface area contributed by atoms with E-state index in [0.29, 0.717) is 47.8 Å². The summed E-state index contributed by atoms with van der Waals surface area (Å²) < 4.78 is 21.1. The molecule has 1 aromatic heterocycles. The van der Waals surface area contributed by atoms with E-state index in [-0.39, 0.29) is 19.3 Å². The van der Waals surface area contributed by atoms with Crippen molar-refractivity contribution in [1.82, 2.24) is 20.0 Å². The molecule has 0 amide bonds. The average molecular weight is 786 g/mol. The van der Waals surface area contributed by atoms with E-state index in [2.05, 4.69) is 55.1 Å². The molecule has 13 heteroatoms. The van der Waals surface area contributed by atoms with Crippen molar-refractivity contribution in [2.45, 2.75) is 63.9 Å². The predicted molar refractivity (Wildman–Crippen MR) is 199 cm³/mol. The number of carboxylic acid groups (broad SMARTS) is 1. The minimum atomic E-state index is -1.14. The third-order valence-electron chi connectivity index (χ3n) is 9.73. The molecule has 274 valence electrons. The Balaban J connectivity index is 1.15. The number of benzene rings is 3. The van der Waals surface area contributed by atoms with Crippen molar-refractivity contribution >= 4 is 44.4 Å². The molecule has 2 atom stereocenters. The van der Waals surface area contributed by atoms with Crippen LogP contribution in [0.3, 0.4) is 0 Å². The number of nitrogens with zero attached hydrogens (tertiary/aromatic N) is 3. The summed E-state index contributed by atoms with van der Waals surface area (Å²) in [6.07, 6.45) is 6.50. The number of ether oxygens (including phenoxy) is 3. The molecule has 51 heavy (non-hydrogen) atoms. The van der Waals surface area contributed by atoms with Gasteiger partial charge in [0.25, 0.3) is 0 Å². The van der Waals surface area contributed by atoms with Gasteiger partial charge in [-0.2, -0.15) is 5.10 Å². The lowest BCUT2D eigenvalue weighted by atomic mass is 10.00. The lowest BCUT2D eigenvalue weighted by Gasteiger charge is -2.23. The van der Waals surface area contributed by atoms with Crippen LogP contribution in [0.15, 0.2) is 59.2 Å². The number of hydrogen-bond donors (Lipinski definition) is 4. The van der Waals surface area contributed by atoms with Crippen LogP contribution in [0, 0.1) is 5.92 Å². The molecule has 0 saturated carbocycles. The third kappa shape index (κ3) is 9.61. The molecular formula is C38H46BrClN4O7. The summed E-state index contributed by atoms with van der Waals surface area (Å²) in [7, 11) is 0. The maximum Gasteiger partial charge on any atom is 0.323 e. The van der Waals surface area contributed by atoms with Crippen molar-refractivity contribution in [1.29, 1.82) is 0 Å². The van der Waals surface area contributed by atoms with Gasteiger partial charge in [-0.1, -0.05) is 41.9 Å². The zero-order valence-corrected chi connectivity index (χ0v) is 30.9. The number of fused-ring (bicyclic) bond motifs is 1. The second kappa shape index (κ2) is 18.0. The van der Waals surface area contributed by atoms with Crippen LogP contribution in [0.4, 0.5) is 0 Å². The van der Waals surface area contributed by atoms with Gasteiger partial charge in [0.15, 0.2) is 0 Å². The molecule has 0 spiro atoms. The van der Waals surface area contributed by atoms with Gasteiger partial charge in [0, 0.05) is 66.4 Å². The first-order chi connectivity index (χ1) is 24.8. The lowest BCUT2D eigenvalue weighted by molar-refractivity contribution is -0.140. The number of aromatic nitrogens is 2. The average Bonchev–Trinajstić information content (AvgIpc) is 3.75. The van der Waals surface area contributed by atoms with Gasteiger partial charge in [0.05, 0.1) is 36.1 Å². The summed E-state index contributed by atoms with van der Waals surface area (Å²) in [5.74, 6) is 0.189. The second-order valence-electron chi connectivity index (χ2n) is 13.3. The summed E-state index contributed by atoms with van der Waals surface area (Å²) in [4.78, 5) is 13.8. The van der Waals surface area contributed by atoms with Crippen molar-refractivity contribution < 1.29 is 34.3 Å².